The first kappa shape index (κ1) is 15.9. The molecule has 1 aliphatic carbocycles. The summed E-state index contributed by atoms with van der Waals surface area (Å²) in [4.78, 5) is 14.2. The van der Waals surface area contributed by atoms with Crippen molar-refractivity contribution in [3.8, 4) is 0 Å². The van der Waals surface area contributed by atoms with Crippen LogP contribution in [0.4, 0.5) is 0 Å². The second-order valence-electron chi connectivity index (χ2n) is 6.75. The van der Waals surface area contributed by atoms with E-state index in [1.54, 1.807) is 0 Å². The average Bonchev–Trinajstić information content (AvgIpc) is 2.41. The number of aliphatic hydroxyl groups is 1. The molecular formula is C16H29NO3. The number of ether oxygens (including phenoxy) is 1. The Morgan fingerprint density at radius 2 is 2.10 bits per heavy atom. The molecule has 1 saturated carbocycles. The lowest BCUT2D eigenvalue weighted by Crippen LogP contribution is -2.47. The molecule has 2 fully saturated rings. The van der Waals surface area contributed by atoms with Gasteiger partial charge in [-0.15, -0.1) is 0 Å². The van der Waals surface area contributed by atoms with Crippen molar-refractivity contribution >= 4 is 5.78 Å². The van der Waals surface area contributed by atoms with Crippen LogP contribution in [0.3, 0.4) is 0 Å². The summed E-state index contributed by atoms with van der Waals surface area (Å²) in [5, 5.41) is 10.5. The Hall–Kier alpha value is -0.450. The largest absolute Gasteiger partial charge is 0.388 e. The van der Waals surface area contributed by atoms with Crippen molar-refractivity contribution < 1.29 is 14.6 Å². The maximum atomic E-state index is 12.1. The minimum absolute atomic E-state index is 0.169. The molecule has 0 bridgehead atoms. The fourth-order valence-corrected chi connectivity index (χ4v) is 3.60. The number of ketones is 1. The molecule has 4 heteroatoms. The predicted molar refractivity (Wildman–Crippen MR) is 78.6 cm³/mol. The molecule has 0 spiro atoms. The van der Waals surface area contributed by atoms with Crippen molar-refractivity contribution in [2.75, 3.05) is 33.4 Å². The summed E-state index contributed by atoms with van der Waals surface area (Å²) >= 11 is 0. The number of Topliss-reactive ketones (excluding diaryl/α,β-unsaturated/α-hetero) is 1. The van der Waals surface area contributed by atoms with Crippen LogP contribution in [0.15, 0.2) is 0 Å². The Bertz CT molecular complexity index is 326. The van der Waals surface area contributed by atoms with Crippen LogP contribution in [0.5, 0.6) is 0 Å². The Morgan fingerprint density at radius 3 is 2.75 bits per heavy atom. The molecule has 1 N–H and O–H groups in total. The maximum Gasteiger partial charge on any atom is 0.137 e. The van der Waals surface area contributed by atoms with E-state index in [2.05, 4.69) is 11.8 Å². The van der Waals surface area contributed by atoms with E-state index >= 15 is 0 Å². The molecule has 1 saturated heterocycles. The van der Waals surface area contributed by atoms with Crippen LogP contribution >= 0.6 is 0 Å². The molecule has 2 rings (SSSR count). The van der Waals surface area contributed by atoms with E-state index in [-0.39, 0.29) is 5.92 Å². The number of carbonyl (C=O) groups is 1. The van der Waals surface area contributed by atoms with Gasteiger partial charge in [-0.05, 0) is 25.8 Å². The lowest BCUT2D eigenvalue weighted by atomic mass is 9.79. The van der Waals surface area contributed by atoms with Gasteiger partial charge >= 0.3 is 0 Å². The molecule has 1 heterocycles. The molecule has 20 heavy (non-hydrogen) atoms. The molecular weight excluding hydrogens is 254 g/mol. The Balaban J connectivity index is 1.83. The predicted octanol–water partition coefficient (Wildman–Crippen LogP) is 1.86. The Kier molecular flexibility index (Phi) is 5.58. The number of nitrogens with zero attached hydrogens (tertiary/aromatic N) is 1. The molecule has 0 aromatic heterocycles. The summed E-state index contributed by atoms with van der Waals surface area (Å²) in [5.41, 5.74) is -0.630. The summed E-state index contributed by atoms with van der Waals surface area (Å²) < 4.78 is 5.31. The maximum absolute atomic E-state index is 12.1. The summed E-state index contributed by atoms with van der Waals surface area (Å²) in [6.45, 7) is 4.94. The van der Waals surface area contributed by atoms with Gasteiger partial charge in [-0.25, -0.2) is 0 Å². The number of hydrogen-bond acceptors (Lipinski definition) is 4. The Morgan fingerprint density at radius 1 is 1.40 bits per heavy atom. The van der Waals surface area contributed by atoms with Gasteiger partial charge in [-0.2, -0.15) is 0 Å². The first-order valence-electron chi connectivity index (χ1n) is 8.04. The van der Waals surface area contributed by atoms with E-state index in [4.69, 9.17) is 4.74 Å². The third-order valence-electron chi connectivity index (χ3n) is 4.97. The van der Waals surface area contributed by atoms with E-state index in [0.717, 1.165) is 25.8 Å². The fraction of sp³-hybridized carbons (Fsp3) is 0.938. The zero-order chi connectivity index (χ0) is 14.6. The minimum atomic E-state index is -0.630. The molecule has 2 atom stereocenters. The van der Waals surface area contributed by atoms with Gasteiger partial charge in [-0.1, -0.05) is 13.3 Å². The monoisotopic (exact) mass is 283 g/mol. The van der Waals surface area contributed by atoms with E-state index in [9.17, 15) is 9.90 Å². The molecule has 0 radical (unpaired) electrons. The van der Waals surface area contributed by atoms with Crippen molar-refractivity contribution in [3.05, 3.63) is 0 Å². The van der Waals surface area contributed by atoms with Gasteiger partial charge in [0.1, 0.15) is 5.78 Å². The molecule has 0 amide bonds. The second kappa shape index (κ2) is 7.01. The lowest BCUT2D eigenvalue weighted by Gasteiger charge is -2.37. The summed E-state index contributed by atoms with van der Waals surface area (Å²) in [6.07, 6.45) is 5.42. The van der Waals surface area contributed by atoms with Crippen LogP contribution in [0.1, 0.15) is 45.4 Å². The number of hydrogen-bond donors (Lipinski definition) is 1. The van der Waals surface area contributed by atoms with Crippen LogP contribution < -0.4 is 0 Å². The molecule has 0 aromatic rings. The number of rotatable bonds is 5. The fourth-order valence-electron chi connectivity index (χ4n) is 3.60. The Labute approximate surface area is 122 Å². The first-order chi connectivity index (χ1) is 9.52. The minimum Gasteiger partial charge on any atom is -0.388 e. The van der Waals surface area contributed by atoms with Crippen molar-refractivity contribution in [1.82, 2.24) is 4.90 Å². The highest BCUT2D eigenvalue weighted by atomic mass is 16.5. The lowest BCUT2D eigenvalue weighted by molar-refractivity contribution is -0.127. The van der Waals surface area contributed by atoms with Crippen molar-refractivity contribution in [2.45, 2.75) is 51.0 Å². The molecule has 116 valence electrons. The van der Waals surface area contributed by atoms with Crippen LogP contribution in [0, 0.1) is 11.8 Å². The highest BCUT2D eigenvalue weighted by Gasteiger charge is 2.33. The zero-order valence-electron chi connectivity index (χ0n) is 12.9. The molecule has 4 nitrogen and oxygen atoms in total. The van der Waals surface area contributed by atoms with Crippen molar-refractivity contribution in [3.63, 3.8) is 0 Å². The smallest absolute Gasteiger partial charge is 0.137 e. The van der Waals surface area contributed by atoms with Gasteiger partial charge in [0.2, 0.25) is 0 Å². The van der Waals surface area contributed by atoms with Crippen LogP contribution in [-0.2, 0) is 9.53 Å². The highest BCUT2D eigenvalue weighted by molar-refractivity contribution is 5.81. The van der Waals surface area contributed by atoms with Crippen molar-refractivity contribution in [1.29, 1.82) is 0 Å². The SMILES string of the molecule is CCC1CCC(=O)C(CN(C)CC2(O)CCOCC2)C1. The summed E-state index contributed by atoms with van der Waals surface area (Å²) in [5.74, 6) is 1.29. The van der Waals surface area contributed by atoms with E-state index in [1.165, 1.54) is 6.42 Å². The van der Waals surface area contributed by atoms with Crippen LogP contribution in [0.2, 0.25) is 0 Å². The van der Waals surface area contributed by atoms with Gasteiger partial charge in [0.15, 0.2) is 0 Å². The standard InChI is InChI=1S/C16H29NO3/c1-3-13-4-5-15(18)14(10-13)11-17(2)12-16(19)6-8-20-9-7-16/h13-14,19H,3-12H2,1-2H3. The normalized spacial score (nSPS) is 30.7. The van der Waals surface area contributed by atoms with Gasteiger partial charge in [0.05, 0.1) is 5.60 Å². The second-order valence-corrected chi connectivity index (χ2v) is 6.75. The zero-order valence-corrected chi connectivity index (χ0v) is 12.9. The van der Waals surface area contributed by atoms with E-state index in [1.807, 2.05) is 7.05 Å². The summed E-state index contributed by atoms with van der Waals surface area (Å²) in [7, 11) is 2.02. The van der Waals surface area contributed by atoms with Crippen molar-refractivity contribution in [2.24, 2.45) is 11.8 Å². The quantitative estimate of drug-likeness (QED) is 0.836. The topological polar surface area (TPSA) is 49.8 Å². The van der Waals surface area contributed by atoms with Gasteiger partial charge < -0.3 is 14.7 Å². The number of likely N-dealkylation sites (N-methyl/N-ethyl adjacent to an activating group) is 1. The van der Waals surface area contributed by atoms with E-state index in [0.29, 0.717) is 44.3 Å². The van der Waals surface area contributed by atoms with Crippen LogP contribution in [-0.4, -0.2) is 54.7 Å². The van der Waals surface area contributed by atoms with E-state index < -0.39 is 5.60 Å². The molecule has 1 aliphatic heterocycles. The third-order valence-corrected chi connectivity index (χ3v) is 4.97. The molecule has 0 aromatic carbocycles. The van der Waals surface area contributed by atoms with Gasteiger partial charge in [-0.3, -0.25) is 4.79 Å². The van der Waals surface area contributed by atoms with Crippen LogP contribution in [0.25, 0.3) is 0 Å². The summed E-state index contributed by atoms with van der Waals surface area (Å²) in [6, 6.07) is 0. The number of carbonyl (C=O) groups excluding carboxylic acids is 1. The first-order valence-corrected chi connectivity index (χ1v) is 8.04. The molecule has 2 aliphatic rings. The third kappa shape index (κ3) is 4.27. The molecule has 2 unspecified atom stereocenters. The average molecular weight is 283 g/mol. The van der Waals surface area contributed by atoms with Gasteiger partial charge in [0.25, 0.3) is 0 Å². The highest BCUT2D eigenvalue weighted by Crippen LogP contribution is 2.30. The van der Waals surface area contributed by atoms with Gasteiger partial charge in [0, 0.05) is 51.5 Å².